The maximum absolute atomic E-state index is 13.6. The summed E-state index contributed by atoms with van der Waals surface area (Å²) in [5.74, 6) is 2.93. The first-order chi connectivity index (χ1) is 14.0. The lowest BCUT2D eigenvalue weighted by molar-refractivity contribution is -0.157. The first-order valence-electron chi connectivity index (χ1n) is 11.3. The lowest BCUT2D eigenvalue weighted by Gasteiger charge is -2.60. The molecule has 5 fully saturated rings. The molecule has 158 valence electrons. The molecule has 4 nitrogen and oxygen atoms in total. The van der Waals surface area contributed by atoms with Crippen LogP contribution in [0.3, 0.4) is 0 Å². The minimum absolute atomic E-state index is 0.0567. The second-order valence-electron chi connectivity index (χ2n) is 10.1. The molecule has 5 heteroatoms. The molecule has 1 saturated heterocycles. The first-order valence-corrected chi connectivity index (χ1v) is 12.1. The van der Waals surface area contributed by atoms with Crippen LogP contribution in [0.15, 0.2) is 24.3 Å². The molecule has 5 aliphatic rings. The normalized spacial score (nSPS) is 36.4. The molecule has 1 amide bonds. The standard InChI is InChI=1S/C24H33BrN2O2/c1-29-21-4-2-18(3-5-21)6-7-26-8-10-27(11-9-26)22(28)23-13-19-12-20(14-23)16-24(25,15-19)17-23/h2-5,19-20H,6-17H2,1H3. The van der Waals surface area contributed by atoms with E-state index < -0.39 is 0 Å². The first kappa shape index (κ1) is 19.9. The molecule has 6 rings (SSSR count). The van der Waals surface area contributed by atoms with Crippen LogP contribution < -0.4 is 4.74 Å². The highest BCUT2D eigenvalue weighted by atomic mass is 79.9. The summed E-state index contributed by atoms with van der Waals surface area (Å²) < 4.78 is 5.50. The molecule has 4 aliphatic carbocycles. The summed E-state index contributed by atoms with van der Waals surface area (Å²) in [5, 5.41) is 0. The van der Waals surface area contributed by atoms with Crippen molar-refractivity contribution < 1.29 is 9.53 Å². The molecule has 1 aromatic rings. The molecule has 4 bridgehead atoms. The lowest BCUT2D eigenvalue weighted by Crippen LogP contribution is -2.61. The Morgan fingerprint density at radius 1 is 1.07 bits per heavy atom. The van der Waals surface area contributed by atoms with Gasteiger partial charge in [-0.2, -0.15) is 0 Å². The van der Waals surface area contributed by atoms with Crippen molar-refractivity contribution in [2.24, 2.45) is 17.3 Å². The van der Waals surface area contributed by atoms with Crippen LogP contribution in [-0.4, -0.2) is 59.9 Å². The van der Waals surface area contributed by atoms with E-state index >= 15 is 0 Å². The smallest absolute Gasteiger partial charge is 0.228 e. The van der Waals surface area contributed by atoms with Gasteiger partial charge in [0.2, 0.25) is 5.91 Å². The fourth-order valence-corrected chi connectivity index (χ4v) is 8.44. The summed E-state index contributed by atoms with van der Waals surface area (Å²) in [7, 11) is 1.71. The summed E-state index contributed by atoms with van der Waals surface area (Å²) in [6.07, 6.45) is 8.36. The number of hydrogen-bond acceptors (Lipinski definition) is 3. The highest BCUT2D eigenvalue weighted by Crippen LogP contribution is 2.64. The molecule has 0 radical (unpaired) electrons. The molecule has 1 aromatic carbocycles. The van der Waals surface area contributed by atoms with Crippen LogP contribution in [0.4, 0.5) is 0 Å². The van der Waals surface area contributed by atoms with Crippen LogP contribution in [0.25, 0.3) is 0 Å². The number of amides is 1. The Hall–Kier alpha value is -1.07. The highest BCUT2D eigenvalue weighted by molar-refractivity contribution is 9.10. The monoisotopic (exact) mass is 460 g/mol. The third-order valence-electron chi connectivity index (χ3n) is 7.98. The quantitative estimate of drug-likeness (QED) is 0.619. The number of piperazine rings is 1. The van der Waals surface area contributed by atoms with Crippen molar-refractivity contribution in [2.75, 3.05) is 39.8 Å². The average molecular weight is 461 g/mol. The Morgan fingerprint density at radius 3 is 2.31 bits per heavy atom. The predicted octanol–water partition coefficient (Wildman–Crippen LogP) is 4.12. The van der Waals surface area contributed by atoms with Crippen molar-refractivity contribution in [1.29, 1.82) is 0 Å². The predicted molar refractivity (Wildman–Crippen MR) is 118 cm³/mol. The van der Waals surface area contributed by atoms with E-state index in [1.165, 1.54) is 24.8 Å². The largest absolute Gasteiger partial charge is 0.497 e. The van der Waals surface area contributed by atoms with Gasteiger partial charge in [-0.3, -0.25) is 9.69 Å². The Kier molecular flexibility index (Phi) is 5.18. The fraction of sp³-hybridized carbons (Fsp3) is 0.708. The second kappa shape index (κ2) is 7.56. The lowest BCUT2D eigenvalue weighted by atomic mass is 9.49. The van der Waals surface area contributed by atoms with Crippen LogP contribution in [0.1, 0.15) is 44.1 Å². The van der Waals surface area contributed by atoms with Crippen LogP contribution in [0.5, 0.6) is 5.75 Å². The summed E-state index contributed by atoms with van der Waals surface area (Å²) in [4.78, 5) is 18.3. The van der Waals surface area contributed by atoms with Gasteiger partial charge in [0.25, 0.3) is 0 Å². The van der Waals surface area contributed by atoms with E-state index in [9.17, 15) is 4.79 Å². The van der Waals surface area contributed by atoms with Gasteiger partial charge in [-0.05, 0) is 74.5 Å². The van der Waals surface area contributed by atoms with Gasteiger partial charge in [0, 0.05) is 37.0 Å². The van der Waals surface area contributed by atoms with Crippen LogP contribution in [-0.2, 0) is 11.2 Å². The van der Waals surface area contributed by atoms with E-state index in [1.54, 1.807) is 7.11 Å². The minimum atomic E-state index is -0.0567. The molecule has 2 unspecified atom stereocenters. The maximum atomic E-state index is 13.6. The molecule has 0 aromatic heterocycles. The summed E-state index contributed by atoms with van der Waals surface area (Å²) in [5.41, 5.74) is 1.29. The summed E-state index contributed by atoms with van der Waals surface area (Å²) in [6.45, 7) is 4.87. The van der Waals surface area contributed by atoms with E-state index in [0.29, 0.717) is 5.91 Å². The fourth-order valence-electron chi connectivity index (χ4n) is 6.99. The van der Waals surface area contributed by atoms with Gasteiger partial charge in [0.1, 0.15) is 5.75 Å². The zero-order valence-corrected chi connectivity index (χ0v) is 19.1. The third kappa shape index (κ3) is 3.85. The van der Waals surface area contributed by atoms with Gasteiger partial charge in [0.05, 0.1) is 12.5 Å². The number of nitrogens with zero attached hydrogens (tertiary/aromatic N) is 2. The average Bonchev–Trinajstić information content (AvgIpc) is 2.71. The highest BCUT2D eigenvalue weighted by Gasteiger charge is 2.60. The van der Waals surface area contributed by atoms with Crippen molar-refractivity contribution in [2.45, 2.75) is 49.3 Å². The summed E-state index contributed by atoms with van der Waals surface area (Å²) >= 11 is 4.06. The Balaban J connectivity index is 1.15. The van der Waals surface area contributed by atoms with E-state index in [2.05, 4.69) is 37.9 Å². The Labute approximate surface area is 183 Å². The molecular weight excluding hydrogens is 428 g/mol. The van der Waals surface area contributed by atoms with Gasteiger partial charge in [-0.25, -0.2) is 0 Å². The number of hydrogen-bond donors (Lipinski definition) is 0. The van der Waals surface area contributed by atoms with Crippen molar-refractivity contribution in [1.82, 2.24) is 9.80 Å². The van der Waals surface area contributed by atoms with Crippen molar-refractivity contribution in [3.63, 3.8) is 0 Å². The number of alkyl halides is 1. The van der Waals surface area contributed by atoms with Gasteiger partial charge in [0.15, 0.2) is 0 Å². The molecule has 0 N–H and O–H groups in total. The Morgan fingerprint density at radius 2 is 1.72 bits per heavy atom. The zero-order chi connectivity index (χ0) is 20.1. The van der Waals surface area contributed by atoms with E-state index in [1.807, 2.05) is 12.1 Å². The van der Waals surface area contributed by atoms with Gasteiger partial charge in [-0.15, -0.1) is 0 Å². The number of benzene rings is 1. The van der Waals surface area contributed by atoms with Crippen LogP contribution in [0.2, 0.25) is 0 Å². The van der Waals surface area contributed by atoms with Gasteiger partial charge in [-0.1, -0.05) is 28.1 Å². The molecule has 1 aliphatic heterocycles. The topological polar surface area (TPSA) is 32.8 Å². The van der Waals surface area contributed by atoms with Crippen LogP contribution >= 0.6 is 15.9 Å². The van der Waals surface area contributed by atoms with Gasteiger partial charge < -0.3 is 9.64 Å². The van der Waals surface area contributed by atoms with E-state index in [-0.39, 0.29) is 9.74 Å². The van der Waals surface area contributed by atoms with Crippen molar-refractivity contribution in [3.8, 4) is 5.75 Å². The third-order valence-corrected chi connectivity index (χ3v) is 8.91. The maximum Gasteiger partial charge on any atom is 0.228 e. The number of carbonyl (C=O) groups is 1. The molecular formula is C24H33BrN2O2. The number of carbonyl (C=O) groups excluding carboxylic acids is 1. The number of rotatable bonds is 5. The van der Waals surface area contributed by atoms with E-state index in [4.69, 9.17) is 4.74 Å². The number of halogens is 1. The van der Waals surface area contributed by atoms with E-state index in [0.717, 1.165) is 76.0 Å². The Bertz CT molecular complexity index is 743. The summed E-state index contributed by atoms with van der Waals surface area (Å²) in [6, 6.07) is 8.38. The minimum Gasteiger partial charge on any atom is -0.497 e. The zero-order valence-electron chi connectivity index (χ0n) is 17.5. The molecule has 2 atom stereocenters. The molecule has 29 heavy (non-hydrogen) atoms. The number of ether oxygens (including phenoxy) is 1. The van der Waals surface area contributed by atoms with Gasteiger partial charge >= 0.3 is 0 Å². The number of methoxy groups -OCH3 is 1. The SMILES string of the molecule is COc1ccc(CCN2CCN(C(=O)C34CC5CC(CC(Br)(C5)C3)C4)CC2)cc1. The second-order valence-corrected chi connectivity index (χ2v) is 11.8. The van der Waals surface area contributed by atoms with Crippen molar-refractivity contribution in [3.05, 3.63) is 29.8 Å². The molecule has 1 heterocycles. The molecule has 4 saturated carbocycles. The van der Waals surface area contributed by atoms with Crippen molar-refractivity contribution >= 4 is 21.8 Å². The molecule has 0 spiro atoms. The van der Waals surface area contributed by atoms with Crippen LogP contribution in [0, 0.1) is 17.3 Å².